The molecular formula is C40H63N3O4. The highest BCUT2D eigenvalue weighted by Crippen LogP contribution is 2.68. The molecule has 6 fully saturated rings. The van der Waals surface area contributed by atoms with Crippen molar-refractivity contribution >= 4 is 11.8 Å². The number of likely N-dealkylation sites (tertiary alicyclic amines) is 1. The van der Waals surface area contributed by atoms with Crippen molar-refractivity contribution in [1.82, 2.24) is 14.7 Å². The Hall–Kier alpha value is -1.70. The second kappa shape index (κ2) is 12.9. The Morgan fingerprint density at radius 1 is 0.957 bits per heavy atom. The molecule has 2 amide bonds. The van der Waals surface area contributed by atoms with Crippen LogP contribution in [0.25, 0.3) is 0 Å². The van der Waals surface area contributed by atoms with Gasteiger partial charge >= 0.3 is 0 Å². The van der Waals surface area contributed by atoms with Gasteiger partial charge in [-0.15, -0.1) is 0 Å². The molecule has 0 spiro atoms. The maximum Gasteiger partial charge on any atom is 0.250 e. The maximum atomic E-state index is 13.9. The van der Waals surface area contributed by atoms with Gasteiger partial charge in [0.2, 0.25) is 11.8 Å². The molecule has 0 aromatic rings. The predicted molar refractivity (Wildman–Crippen MR) is 185 cm³/mol. The molecule has 0 radical (unpaired) electrons. The SMILES string of the molecule is C=C(C)[C@@H]1CC=C(C(=O)N2CCC[C@@H]2C(=O)N2CCN([C@H]3C[C@@]4(C)[C@@H](CC[C@@H]5[C@@H]4CC[C@]4(C)[C@@H]([C@@H](C)O)CC[C@@H]54)C[C@@H]3O)CC2)CC1. The zero-order chi connectivity index (χ0) is 33.2. The number of aliphatic hydroxyl groups excluding tert-OH is 2. The summed E-state index contributed by atoms with van der Waals surface area (Å²) in [5, 5.41) is 22.2. The molecule has 0 aromatic carbocycles. The minimum Gasteiger partial charge on any atom is -0.393 e. The number of allylic oxidation sites excluding steroid dienone is 2. The van der Waals surface area contributed by atoms with Gasteiger partial charge in [0.1, 0.15) is 6.04 Å². The van der Waals surface area contributed by atoms with Gasteiger partial charge in [-0.05, 0) is 144 Å². The fraction of sp³-hybridized carbons (Fsp3) is 0.850. The summed E-state index contributed by atoms with van der Waals surface area (Å²) in [6.45, 7) is 16.9. The maximum absolute atomic E-state index is 13.9. The van der Waals surface area contributed by atoms with Crippen molar-refractivity contribution in [2.24, 2.45) is 46.3 Å². The molecule has 262 valence electrons. The Bertz CT molecular complexity index is 1260. The van der Waals surface area contributed by atoms with Crippen molar-refractivity contribution in [3.8, 4) is 0 Å². The predicted octanol–water partition coefficient (Wildman–Crippen LogP) is 5.80. The lowest BCUT2D eigenvalue weighted by molar-refractivity contribution is -0.157. The van der Waals surface area contributed by atoms with Gasteiger partial charge in [0, 0.05) is 44.3 Å². The minimum atomic E-state index is -0.339. The number of rotatable bonds is 5. The molecule has 2 N–H and O–H groups in total. The first-order valence-electron chi connectivity index (χ1n) is 19.5. The fourth-order valence-corrected chi connectivity index (χ4v) is 12.9. The lowest BCUT2D eigenvalue weighted by Gasteiger charge is -2.63. The number of fused-ring (bicyclic) bond motifs is 5. The molecule has 2 saturated heterocycles. The molecule has 2 heterocycles. The molecule has 12 atom stereocenters. The summed E-state index contributed by atoms with van der Waals surface area (Å²) in [7, 11) is 0. The van der Waals surface area contributed by atoms with E-state index in [0.29, 0.717) is 43.3 Å². The Morgan fingerprint density at radius 2 is 1.70 bits per heavy atom. The standard InChI is InChI=1S/C40H63N3O4/c1-25(2)27-8-10-28(11-9-27)37(46)43-18-6-7-34(43)38(47)42-21-19-41(20-22-42)35-24-40(5)29(23-36(35)45)12-13-30-32-15-14-31(26(3)44)39(32,4)17-16-33(30)40/h10,26-27,29-36,44-45H,1,6-9,11-24H2,2-5H3/t26-,27-,29+,30+,31-,32+,33+,34-,35+,36+,39-,40+/m1/s1. The third-order valence-corrected chi connectivity index (χ3v) is 15.6. The van der Waals surface area contributed by atoms with E-state index in [4.69, 9.17) is 0 Å². The third-order valence-electron chi connectivity index (χ3n) is 15.6. The van der Waals surface area contributed by atoms with Crippen LogP contribution in [0.3, 0.4) is 0 Å². The highest BCUT2D eigenvalue weighted by atomic mass is 16.3. The average Bonchev–Trinajstić information content (AvgIpc) is 3.69. The van der Waals surface area contributed by atoms with Crippen molar-refractivity contribution in [2.75, 3.05) is 32.7 Å². The van der Waals surface area contributed by atoms with E-state index >= 15 is 0 Å². The minimum absolute atomic E-state index is 0.0700. The van der Waals surface area contributed by atoms with Crippen LogP contribution < -0.4 is 0 Å². The van der Waals surface area contributed by atoms with Gasteiger partial charge in [0.05, 0.1) is 12.2 Å². The highest BCUT2D eigenvalue weighted by Gasteiger charge is 2.62. The molecule has 4 saturated carbocycles. The van der Waals surface area contributed by atoms with E-state index in [1.54, 1.807) is 0 Å². The summed E-state index contributed by atoms with van der Waals surface area (Å²) in [5.74, 6) is 3.86. The Kier molecular flexibility index (Phi) is 9.26. The molecule has 47 heavy (non-hydrogen) atoms. The van der Waals surface area contributed by atoms with Gasteiger partial charge in [-0.1, -0.05) is 32.1 Å². The molecule has 0 aromatic heterocycles. The molecule has 7 nitrogen and oxygen atoms in total. The average molecular weight is 650 g/mol. The van der Waals surface area contributed by atoms with Crippen LogP contribution in [0.5, 0.6) is 0 Å². The van der Waals surface area contributed by atoms with Gasteiger partial charge in [-0.3, -0.25) is 14.5 Å². The second-order valence-electron chi connectivity index (χ2n) is 17.8. The molecule has 7 rings (SSSR count). The van der Waals surface area contributed by atoms with E-state index in [2.05, 4.69) is 38.3 Å². The van der Waals surface area contributed by atoms with Gasteiger partial charge in [-0.2, -0.15) is 0 Å². The van der Waals surface area contributed by atoms with Crippen molar-refractivity contribution in [3.05, 3.63) is 23.8 Å². The lowest BCUT2D eigenvalue weighted by Crippen LogP contribution is -2.62. The number of carbonyl (C=O) groups excluding carboxylic acids is 2. The van der Waals surface area contributed by atoms with Crippen molar-refractivity contribution in [1.29, 1.82) is 0 Å². The van der Waals surface area contributed by atoms with Crippen molar-refractivity contribution < 1.29 is 19.8 Å². The first-order chi connectivity index (χ1) is 22.4. The third kappa shape index (κ3) is 5.76. The number of carbonyl (C=O) groups is 2. The van der Waals surface area contributed by atoms with E-state index in [1.165, 1.54) is 44.1 Å². The highest BCUT2D eigenvalue weighted by molar-refractivity contribution is 5.97. The van der Waals surface area contributed by atoms with Crippen LogP contribution in [0.1, 0.15) is 111 Å². The van der Waals surface area contributed by atoms with Crippen LogP contribution in [-0.4, -0.2) is 93.7 Å². The second-order valence-corrected chi connectivity index (χ2v) is 17.8. The van der Waals surface area contributed by atoms with Crippen LogP contribution >= 0.6 is 0 Å². The number of aliphatic hydroxyl groups is 2. The zero-order valence-corrected chi connectivity index (χ0v) is 29.8. The molecule has 7 heteroatoms. The van der Waals surface area contributed by atoms with E-state index in [0.717, 1.165) is 75.4 Å². The van der Waals surface area contributed by atoms with Crippen LogP contribution in [0.2, 0.25) is 0 Å². The summed E-state index contributed by atoms with van der Waals surface area (Å²) in [4.78, 5) is 33.8. The lowest BCUT2D eigenvalue weighted by atomic mass is 9.44. The summed E-state index contributed by atoms with van der Waals surface area (Å²) in [6.07, 6.45) is 15.3. The normalized spacial score (nSPS) is 44.6. The summed E-state index contributed by atoms with van der Waals surface area (Å²) >= 11 is 0. The van der Waals surface area contributed by atoms with Crippen molar-refractivity contribution in [2.45, 2.75) is 135 Å². The van der Waals surface area contributed by atoms with Gasteiger partial charge in [0.25, 0.3) is 0 Å². The van der Waals surface area contributed by atoms with E-state index in [9.17, 15) is 19.8 Å². The zero-order valence-electron chi connectivity index (χ0n) is 29.8. The van der Waals surface area contributed by atoms with Crippen molar-refractivity contribution in [3.63, 3.8) is 0 Å². The number of piperazine rings is 1. The van der Waals surface area contributed by atoms with E-state index in [-0.39, 0.29) is 46.9 Å². The van der Waals surface area contributed by atoms with Crippen LogP contribution in [0, 0.1) is 46.3 Å². The monoisotopic (exact) mass is 649 g/mol. The van der Waals surface area contributed by atoms with E-state index < -0.39 is 0 Å². The first-order valence-corrected chi connectivity index (χ1v) is 19.5. The van der Waals surface area contributed by atoms with Gasteiger partial charge < -0.3 is 20.0 Å². The Labute approximate surface area is 284 Å². The first kappa shape index (κ1) is 33.8. The number of hydrogen-bond acceptors (Lipinski definition) is 5. The Morgan fingerprint density at radius 3 is 2.38 bits per heavy atom. The topological polar surface area (TPSA) is 84.3 Å². The van der Waals surface area contributed by atoms with Crippen LogP contribution in [0.4, 0.5) is 0 Å². The smallest absolute Gasteiger partial charge is 0.250 e. The number of hydrogen-bond donors (Lipinski definition) is 2. The van der Waals surface area contributed by atoms with Crippen LogP contribution in [0.15, 0.2) is 23.8 Å². The molecule has 7 aliphatic rings. The summed E-state index contributed by atoms with van der Waals surface area (Å²) in [6, 6.07) is -0.186. The fourth-order valence-electron chi connectivity index (χ4n) is 12.9. The Balaban J connectivity index is 0.979. The largest absolute Gasteiger partial charge is 0.393 e. The van der Waals surface area contributed by atoms with Gasteiger partial charge in [0.15, 0.2) is 0 Å². The molecular weight excluding hydrogens is 586 g/mol. The number of nitrogens with zero attached hydrogens (tertiary/aromatic N) is 3. The van der Waals surface area contributed by atoms with Gasteiger partial charge in [-0.25, -0.2) is 0 Å². The summed E-state index contributed by atoms with van der Waals surface area (Å²) < 4.78 is 0. The number of amides is 2. The molecule has 0 bridgehead atoms. The summed E-state index contributed by atoms with van der Waals surface area (Å²) in [5.41, 5.74) is 2.59. The van der Waals surface area contributed by atoms with E-state index in [1.807, 2.05) is 16.7 Å². The molecule has 5 aliphatic carbocycles. The molecule has 0 unspecified atom stereocenters. The molecule has 2 aliphatic heterocycles. The quantitative estimate of drug-likeness (QED) is 0.368. The van der Waals surface area contributed by atoms with Crippen LogP contribution in [-0.2, 0) is 9.59 Å².